The van der Waals surface area contributed by atoms with Gasteiger partial charge in [-0.15, -0.1) is 11.8 Å². The smallest absolute Gasteiger partial charge is 0.0452 e. The number of nitrogens with two attached hydrogens (primary N) is 1. The maximum Gasteiger partial charge on any atom is 0.0452 e. The molecule has 0 atom stereocenters. The van der Waals surface area contributed by atoms with Crippen molar-refractivity contribution in [3.8, 4) is 0 Å². The molecule has 0 saturated heterocycles. The van der Waals surface area contributed by atoms with Gasteiger partial charge in [-0.05, 0) is 24.0 Å². The van der Waals surface area contributed by atoms with Crippen molar-refractivity contribution in [1.82, 2.24) is 0 Å². The van der Waals surface area contributed by atoms with E-state index in [0.717, 1.165) is 16.3 Å². The Hall–Kier alpha value is -0.280. The molecule has 2 N–H and O–H groups in total. The lowest BCUT2D eigenvalue weighted by Gasteiger charge is -2.03. The second-order valence-electron chi connectivity index (χ2n) is 2.23. The van der Waals surface area contributed by atoms with E-state index in [-0.39, 0.29) is 0 Å². The van der Waals surface area contributed by atoms with Crippen molar-refractivity contribution in [2.45, 2.75) is 10.6 Å². The van der Waals surface area contributed by atoms with Gasteiger partial charge in [0, 0.05) is 16.3 Å². The molecule has 0 radical (unpaired) electrons. The molecule has 0 spiro atoms. The van der Waals surface area contributed by atoms with Crippen LogP contribution in [0.1, 0.15) is 5.56 Å². The summed E-state index contributed by atoms with van der Waals surface area (Å²) in [7, 11) is 0. The highest BCUT2D eigenvalue weighted by atomic mass is 32.2. The molecular formula is C8H11NS2. The fourth-order valence-corrected chi connectivity index (χ4v) is 1.62. The van der Waals surface area contributed by atoms with Gasteiger partial charge in [-0.2, -0.15) is 12.6 Å². The van der Waals surface area contributed by atoms with Crippen LogP contribution in [0.3, 0.4) is 0 Å². The lowest BCUT2D eigenvalue weighted by molar-refractivity contribution is 1.34. The molecule has 1 aromatic carbocycles. The van der Waals surface area contributed by atoms with Gasteiger partial charge < -0.3 is 5.73 Å². The van der Waals surface area contributed by atoms with Crippen LogP contribution in [0.5, 0.6) is 0 Å². The molecule has 0 aromatic heterocycles. The molecule has 0 unspecified atom stereocenters. The fraction of sp³-hybridized carbons (Fsp3) is 0.250. The highest BCUT2D eigenvalue weighted by Crippen LogP contribution is 2.24. The Morgan fingerprint density at radius 3 is 2.82 bits per heavy atom. The summed E-state index contributed by atoms with van der Waals surface area (Å²) < 4.78 is 0. The molecule has 60 valence electrons. The van der Waals surface area contributed by atoms with Crippen LogP contribution in [0.25, 0.3) is 0 Å². The van der Waals surface area contributed by atoms with Crippen molar-refractivity contribution in [2.24, 2.45) is 0 Å². The number of thioether (sulfide) groups is 1. The van der Waals surface area contributed by atoms with Crippen LogP contribution in [-0.4, -0.2) is 6.26 Å². The van der Waals surface area contributed by atoms with E-state index in [1.54, 1.807) is 11.8 Å². The molecule has 3 heteroatoms. The Kier molecular flexibility index (Phi) is 3.15. The number of rotatable bonds is 2. The Morgan fingerprint density at radius 1 is 1.55 bits per heavy atom. The second-order valence-corrected chi connectivity index (χ2v) is 3.40. The maximum absolute atomic E-state index is 5.71. The summed E-state index contributed by atoms with van der Waals surface area (Å²) in [5.74, 6) is 0.772. The van der Waals surface area contributed by atoms with Crippen molar-refractivity contribution in [3.63, 3.8) is 0 Å². The van der Waals surface area contributed by atoms with E-state index in [9.17, 15) is 0 Å². The monoisotopic (exact) mass is 185 g/mol. The summed E-state index contributed by atoms with van der Waals surface area (Å²) in [5, 5.41) is 0. The quantitative estimate of drug-likeness (QED) is 0.420. The number of thiol groups is 1. The Morgan fingerprint density at radius 2 is 2.27 bits per heavy atom. The molecule has 0 aliphatic heterocycles. The first-order valence-corrected chi connectivity index (χ1v) is 5.17. The molecule has 0 saturated carbocycles. The van der Waals surface area contributed by atoms with Crippen LogP contribution in [0.15, 0.2) is 23.1 Å². The fourth-order valence-electron chi connectivity index (χ4n) is 0.854. The predicted molar refractivity (Wildman–Crippen MR) is 55.3 cm³/mol. The van der Waals surface area contributed by atoms with Gasteiger partial charge in [0.1, 0.15) is 0 Å². The molecule has 0 aliphatic rings. The highest BCUT2D eigenvalue weighted by Gasteiger charge is 1.97. The van der Waals surface area contributed by atoms with Gasteiger partial charge in [0.2, 0.25) is 0 Å². The first-order valence-electron chi connectivity index (χ1n) is 3.31. The second kappa shape index (κ2) is 3.93. The molecule has 0 aliphatic carbocycles. The van der Waals surface area contributed by atoms with Gasteiger partial charge in [-0.3, -0.25) is 0 Å². The van der Waals surface area contributed by atoms with Crippen LogP contribution in [-0.2, 0) is 5.75 Å². The molecule has 0 fully saturated rings. The van der Waals surface area contributed by atoms with E-state index in [4.69, 9.17) is 5.73 Å². The zero-order valence-electron chi connectivity index (χ0n) is 6.37. The third-order valence-corrected chi connectivity index (χ3v) is 2.64. The molecule has 11 heavy (non-hydrogen) atoms. The van der Waals surface area contributed by atoms with Gasteiger partial charge >= 0.3 is 0 Å². The van der Waals surface area contributed by atoms with Crippen molar-refractivity contribution in [1.29, 1.82) is 0 Å². The number of hydrogen-bond acceptors (Lipinski definition) is 3. The van der Waals surface area contributed by atoms with E-state index in [1.165, 1.54) is 5.56 Å². The van der Waals surface area contributed by atoms with Crippen molar-refractivity contribution in [3.05, 3.63) is 23.8 Å². The molecule has 0 bridgehead atoms. The van der Waals surface area contributed by atoms with Crippen molar-refractivity contribution in [2.75, 3.05) is 12.0 Å². The third kappa shape index (κ3) is 2.07. The lowest BCUT2D eigenvalue weighted by atomic mass is 10.2. The predicted octanol–water partition coefficient (Wildman–Crippen LogP) is 2.42. The standard InChI is InChI=1S/C8H11NS2/c1-11-8-4-6(5-10)2-3-7(8)9/h2-4,10H,5,9H2,1H3. The van der Waals surface area contributed by atoms with Gasteiger partial charge in [0.05, 0.1) is 0 Å². The maximum atomic E-state index is 5.71. The van der Waals surface area contributed by atoms with Gasteiger partial charge in [0.15, 0.2) is 0 Å². The lowest BCUT2D eigenvalue weighted by Crippen LogP contribution is -1.89. The molecule has 0 amide bonds. The summed E-state index contributed by atoms with van der Waals surface area (Å²) in [6.07, 6.45) is 2.02. The highest BCUT2D eigenvalue weighted by molar-refractivity contribution is 7.98. The minimum atomic E-state index is 0.772. The summed E-state index contributed by atoms with van der Waals surface area (Å²) in [5.41, 5.74) is 7.77. The summed E-state index contributed by atoms with van der Waals surface area (Å²) in [4.78, 5) is 1.14. The number of anilines is 1. The normalized spacial score (nSPS) is 10.0. The van der Waals surface area contributed by atoms with E-state index in [0.29, 0.717) is 0 Å². The zero-order valence-corrected chi connectivity index (χ0v) is 8.08. The minimum Gasteiger partial charge on any atom is -0.398 e. The molecular weight excluding hydrogens is 174 g/mol. The summed E-state index contributed by atoms with van der Waals surface area (Å²) in [6.45, 7) is 0. The molecule has 1 nitrogen and oxygen atoms in total. The van der Waals surface area contributed by atoms with E-state index < -0.39 is 0 Å². The Labute approximate surface area is 76.8 Å². The van der Waals surface area contributed by atoms with Gasteiger partial charge in [-0.25, -0.2) is 0 Å². The largest absolute Gasteiger partial charge is 0.398 e. The van der Waals surface area contributed by atoms with Crippen LogP contribution >= 0.6 is 24.4 Å². The number of benzene rings is 1. The first-order chi connectivity index (χ1) is 5.27. The van der Waals surface area contributed by atoms with Crippen molar-refractivity contribution >= 4 is 30.1 Å². The van der Waals surface area contributed by atoms with E-state index >= 15 is 0 Å². The molecule has 1 rings (SSSR count). The van der Waals surface area contributed by atoms with Crippen molar-refractivity contribution < 1.29 is 0 Å². The number of nitrogen functional groups attached to an aromatic ring is 1. The summed E-state index contributed by atoms with van der Waals surface area (Å²) in [6, 6.07) is 6.01. The van der Waals surface area contributed by atoms with Gasteiger partial charge in [0.25, 0.3) is 0 Å². The average Bonchev–Trinajstić information content (AvgIpc) is 2.05. The SMILES string of the molecule is CSc1cc(CS)ccc1N. The molecule has 0 heterocycles. The average molecular weight is 185 g/mol. The Balaban J connectivity index is 3.02. The summed E-state index contributed by atoms with van der Waals surface area (Å²) >= 11 is 5.85. The van der Waals surface area contributed by atoms with Crippen LogP contribution in [0, 0.1) is 0 Å². The first kappa shape index (κ1) is 8.81. The van der Waals surface area contributed by atoms with Crippen LogP contribution in [0.4, 0.5) is 5.69 Å². The third-order valence-electron chi connectivity index (χ3n) is 1.48. The minimum absolute atomic E-state index is 0.772. The zero-order chi connectivity index (χ0) is 8.27. The van der Waals surface area contributed by atoms with Gasteiger partial charge in [-0.1, -0.05) is 6.07 Å². The van der Waals surface area contributed by atoms with E-state index in [1.807, 2.05) is 18.4 Å². The number of hydrogen-bond donors (Lipinski definition) is 2. The van der Waals surface area contributed by atoms with E-state index in [2.05, 4.69) is 18.7 Å². The Bertz CT molecular complexity index is 248. The topological polar surface area (TPSA) is 26.0 Å². The molecule has 1 aromatic rings. The van der Waals surface area contributed by atoms with Crippen LogP contribution in [0.2, 0.25) is 0 Å². The van der Waals surface area contributed by atoms with Crippen LogP contribution < -0.4 is 5.73 Å².